The molecule has 2 aromatic heterocycles. The van der Waals surface area contributed by atoms with Crippen LogP contribution in [0.3, 0.4) is 0 Å². The molecule has 0 bridgehead atoms. The zero-order chi connectivity index (χ0) is 20.4. The molecule has 0 spiro atoms. The highest BCUT2D eigenvalue weighted by Gasteiger charge is 2.32. The quantitative estimate of drug-likeness (QED) is 0.435. The maximum Gasteiger partial charge on any atom is 0.278 e. The molecule has 152 valence electrons. The van der Waals surface area contributed by atoms with E-state index in [9.17, 15) is 9.18 Å². The first kappa shape index (κ1) is 19.4. The number of anilines is 1. The molecule has 1 fully saturated rings. The normalized spacial score (nSPS) is 13.6. The summed E-state index contributed by atoms with van der Waals surface area (Å²) in [5, 5.41) is 2.83. The molecule has 6 nitrogen and oxygen atoms in total. The molecule has 1 aliphatic rings. The maximum absolute atomic E-state index is 14.5. The number of hydrogen-bond donors (Lipinski definition) is 1. The highest BCUT2D eigenvalue weighted by Crippen LogP contribution is 2.40. The maximum atomic E-state index is 14.5. The predicted octanol–water partition coefficient (Wildman–Crippen LogP) is 4.88. The van der Waals surface area contributed by atoms with E-state index in [0.717, 1.165) is 37.9 Å². The number of benzene rings is 1. The summed E-state index contributed by atoms with van der Waals surface area (Å²) in [4.78, 5) is 21.7. The third-order valence-corrected chi connectivity index (χ3v) is 4.99. The number of unbranched alkanes of at least 4 members (excludes halogenated alkanes) is 2. The number of aromatic nitrogens is 3. The summed E-state index contributed by atoms with van der Waals surface area (Å²) in [6, 6.07) is 8.58. The molecule has 0 radical (unpaired) electrons. The monoisotopic (exact) mass is 396 g/mol. The summed E-state index contributed by atoms with van der Waals surface area (Å²) in [5.74, 6) is 0.689. The lowest BCUT2D eigenvalue weighted by atomic mass is 10.2. The molecule has 2 heterocycles. The van der Waals surface area contributed by atoms with E-state index in [1.165, 1.54) is 10.5 Å². The van der Waals surface area contributed by atoms with Gasteiger partial charge in [0.05, 0.1) is 6.61 Å². The zero-order valence-electron chi connectivity index (χ0n) is 16.7. The molecule has 1 aliphatic carbocycles. The summed E-state index contributed by atoms with van der Waals surface area (Å²) in [7, 11) is 0. The molecule has 7 heteroatoms. The Morgan fingerprint density at radius 2 is 2.00 bits per heavy atom. The average molecular weight is 396 g/mol. The van der Waals surface area contributed by atoms with Gasteiger partial charge in [0.25, 0.3) is 5.91 Å². The van der Waals surface area contributed by atoms with Crippen molar-refractivity contribution in [1.82, 2.24) is 14.4 Å². The molecule has 3 aromatic rings. The largest absolute Gasteiger partial charge is 0.494 e. The van der Waals surface area contributed by atoms with Crippen LogP contribution < -0.4 is 10.1 Å². The lowest BCUT2D eigenvalue weighted by Crippen LogP contribution is -2.13. The number of amides is 1. The van der Waals surface area contributed by atoms with Gasteiger partial charge in [0.15, 0.2) is 11.3 Å². The summed E-state index contributed by atoms with van der Waals surface area (Å²) in [6.07, 6.45) is 5.22. The second-order valence-electron chi connectivity index (χ2n) is 7.51. The van der Waals surface area contributed by atoms with Gasteiger partial charge in [-0.25, -0.2) is 9.97 Å². The molecule has 0 unspecified atom stereocenters. The Morgan fingerprint density at radius 1 is 1.24 bits per heavy atom. The molecule has 1 N–H and O–H groups in total. The average Bonchev–Trinajstić information content (AvgIpc) is 3.47. The van der Waals surface area contributed by atoms with Crippen molar-refractivity contribution in [2.75, 3.05) is 11.9 Å². The second-order valence-corrected chi connectivity index (χ2v) is 7.51. The van der Waals surface area contributed by atoms with Crippen LogP contribution in [0.15, 0.2) is 30.3 Å². The SMILES string of the molecule is CCCCCOc1ccc(NC(=O)c2nc(C3CC3)n3c(F)cc(C)nc23)cc1. The van der Waals surface area contributed by atoms with Gasteiger partial charge in [0, 0.05) is 23.4 Å². The Morgan fingerprint density at radius 3 is 2.69 bits per heavy atom. The molecule has 1 amide bonds. The highest BCUT2D eigenvalue weighted by atomic mass is 19.1. The van der Waals surface area contributed by atoms with Crippen molar-refractivity contribution >= 4 is 17.2 Å². The van der Waals surface area contributed by atoms with Gasteiger partial charge in [-0.2, -0.15) is 4.39 Å². The third kappa shape index (κ3) is 4.23. The van der Waals surface area contributed by atoms with Gasteiger partial charge in [-0.15, -0.1) is 0 Å². The molecule has 4 rings (SSSR count). The number of hydrogen-bond acceptors (Lipinski definition) is 4. The standard InChI is InChI=1S/C22H25FN4O2/c1-3-4-5-12-29-17-10-8-16(9-11-17)25-22(28)19-21-24-14(2)13-18(23)27(21)20(26-19)15-6-7-15/h8-11,13,15H,3-7,12H2,1-2H3,(H,25,28). The molecule has 1 aromatic carbocycles. The van der Waals surface area contributed by atoms with Gasteiger partial charge in [0.1, 0.15) is 11.6 Å². The van der Waals surface area contributed by atoms with Crippen LogP contribution in [0, 0.1) is 12.9 Å². The van der Waals surface area contributed by atoms with E-state index in [1.54, 1.807) is 19.1 Å². The summed E-state index contributed by atoms with van der Waals surface area (Å²) >= 11 is 0. The molecule has 29 heavy (non-hydrogen) atoms. The van der Waals surface area contributed by atoms with Crippen molar-refractivity contribution in [2.24, 2.45) is 0 Å². The fourth-order valence-corrected chi connectivity index (χ4v) is 3.31. The molecule has 0 aliphatic heterocycles. The van der Waals surface area contributed by atoms with Crippen LogP contribution in [0.1, 0.15) is 67.0 Å². The Hall–Kier alpha value is -2.96. The van der Waals surface area contributed by atoms with E-state index in [-0.39, 0.29) is 17.3 Å². The number of rotatable bonds is 8. The van der Waals surface area contributed by atoms with Crippen molar-refractivity contribution in [3.8, 4) is 5.75 Å². The number of nitrogens with zero attached hydrogens (tertiary/aromatic N) is 3. The van der Waals surface area contributed by atoms with Gasteiger partial charge in [-0.1, -0.05) is 19.8 Å². The zero-order valence-corrected chi connectivity index (χ0v) is 16.7. The van der Waals surface area contributed by atoms with Crippen molar-refractivity contribution in [1.29, 1.82) is 0 Å². The first-order valence-corrected chi connectivity index (χ1v) is 10.2. The summed E-state index contributed by atoms with van der Waals surface area (Å²) < 4.78 is 21.6. The topological polar surface area (TPSA) is 68.5 Å². The Bertz CT molecular complexity index is 1030. The molecule has 0 atom stereocenters. The number of carbonyl (C=O) groups is 1. The number of nitrogens with one attached hydrogen (secondary N) is 1. The van der Waals surface area contributed by atoms with Gasteiger partial charge in [-0.05, 0) is 50.5 Å². The number of ether oxygens (including phenoxy) is 1. The van der Waals surface area contributed by atoms with E-state index in [2.05, 4.69) is 22.2 Å². The van der Waals surface area contributed by atoms with Crippen molar-refractivity contribution < 1.29 is 13.9 Å². The van der Waals surface area contributed by atoms with E-state index < -0.39 is 11.9 Å². The van der Waals surface area contributed by atoms with Crippen molar-refractivity contribution in [3.63, 3.8) is 0 Å². The molecular weight excluding hydrogens is 371 g/mol. The predicted molar refractivity (Wildman–Crippen MR) is 109 cm³/mol. The van der Waals surface area contributed by atoms with Crippen LogP contribution in [0.25, 0.3) is 5.65 Å². The van der Waals surface area contributed by atoms with Crippen molar-refractivity contribution in [2.45, 2.75) is 51.9 Å². The smallest absolute Gasteiger partial charge is 0.278 e. The number of imidazole rings is 1. The van der Waals surface area contributed by atoms with E-state index >= 15 is 0 Å². The van der Waals surface area contributed by atoms with Crippen LogP contribution in [0.5, 0.6) is 5.75 Å². The lowest BCUT2D eigenvalue weighted by Gasteiger charge is -2.08. The summed E-state index contributed by atoms with van der Waals surface area (Å²) in [5.41, 5.74) is 1.54. The molecule has 1 saturated carbocycles. The number of carbonyl (C=O) groups excluding carboxylic acids is 1. The summed E-state index contributed by atoms with van der Waals surface area (Å²) in [6.45, 7) is 4.54. The minimum absolute atomic E-state index is 0.148. The second kappa shape index (κ2) is 8.19. The number of halogens is 1. The first-order chi connectivity index (χ1) is 14.1. The van der Waals surface area contributed by atoms with E-state index in [4.69, 9.17) is 4.74 Å². The number of fused-ring (bicyclic) bond motifs is 1. The van der Waals surface area contributed by atoms with Gasteiger partial charge in [0.2, 0.25) is 5.95 Å². The van der Waals surface area contributed by atoms with Crippen LogP contribution in [0.2, 0.25) is 0 Å². The minimum atomic E-state index is -0.439. The van der Waals surface area contributed by atoms with E-state index in [0.29, 0.717) is 23.8 Å². The fraction of sp³-hybridized carbons (Fsp3) is 0.409. The first-order valence-electron chi connectivity index (χ1n) is 10.2. The van der Waals surface area contributed by atoms with E-state index in [1.807, 2.05) is 12.1 Å². The lowest BCUT2D eigenvalue weighted by molar-refractivity contribution is 0.102. The third-order valence-electron chi connectivity index (χ3n) is 4.99. The Balaban J connectivity index is 1.52. The minimum Gasteiger partial charge on any atom is -0.494 e. The highest BCUT2D eigenvalue weighted by molar-refractivity contribution is 6.07. The fourth-order valence-electron chi connectivity index (χ4n) is 3.31. The van der Waals surface area contributed by atoms with Gasteiger partial charge >= 0.3 is 0 Å². The van der Waals surface area contributed by atoms with Gasteiger partial charge < -0.3 is 10.1 Å². The van der Waals surface area contributed by atoms with Crippen LogP contribution in [-0.2, 0) is 0 Å². The van der Waals surface area contributed by atoms with Gasteiger partial charge in [-0.3, -0.25) is 9.20 Å². The van der Waals surface area contributed by atoms with Crippen LogP contribution >= 0.6 is 0 Å². The molecule has 0 saturated heterocycles. The molecular formula is C22H25FN4O2. The Kier molecular flexibility index (Phi) is 5.47. The number of aryl methyl sites for hydroxylation is 1. The van der Waals surface area contributed by atoms with Crippen LogP contribution in [0.4, 0.5) is 10.1 Å². The van der Waals surface area contributed by atoms with Crippen molar-refractivity contribution in [3.05, 3.63) is 53.5 Å². The Labute approximate surface area is 169 Å². The van der Waals surface area contributed by atoms with Crippen LogP contribution in [-0.4, -0.2) is 26.9 Å².